The van der Waals surface area contributed by atoms with Gasteiger partial charge in [0.2, 0.25) is 11.8 Å². The molecule has 0 spiro atoms. The second-order valence-corrected chi connectivity index (χ2v) is 9.87. The minimum atomic E-state index is -0.420. The second kappa shape index (κ2) is 27.7. The maximum Gasteiger partial charge on any atom is 0.235 e. The quantitative estimate of drug-likeness (QED) is 0.135. The first kappa shape index (κ1) is 34.1. The van der Waals surface area contributed by atoms with Gasteiger partial charge >= 0.3 is 0 Å². The van der Waals surface area contributed by atoms with Crippen molar-refractivity contribution < 1.29 is 23.8 Å². The van der Waals surface area contributed by atoms with Crippen molar-refractivity contribution in [2.75, 3.05) is 64.7 Å². The lowest BCUT2D eigenvalue weighted by atomic mass is 10.1. The number of unbranched alkanes of at least 4 members (excludes halogenated alkanes) is 11. The van der Waals surface area contributed by atoms with Gasteiger partial charge in [-0.25, -0.2) is 0 Å². The molecule has 0 aromatic carbocycles. The SMILES string of the molecule is CCCCCCCCCCCCCCOCCOCCOCCNC(=O)CSCC(NC)C(N)=O. The van der Waals surface area contributed by atoms with E-state index in [1.807, 2.05) is 0 Å². The highest BCUT2D eigenvalue weighted by Gasteiger charge is 2.13. The average Bonchev–Trinajstić information content (AvgIpc) is 2.84. The first-order chi connectivity index (χ1) is 17.1. The van der Waals surface area contributed by atoms with Crippen molar-refractivity contribution in [1.29, 1.82) is 0 Å². The molecular formula is C26H53N3O5S. The Balaban J connectivity index is 3.19. The Labute approximate surface area is 218 Å². The molecule has 0 saturated carbocycles. The lowest BCUT2D eigenvalue weighted by molar-refractivity contribution is -0.120. The molecule has 0 aromatic rings. The van der Waals surface area contributed by atoms with Crippen LogP contribution in [0.15, 0.2) is 0 Å². The van der Waals surface area contributed by atoms with Crippen LogP contribution in [0.2, 0.25) is 0 Å². The number of hydrogen-bond acceptors (Lipinski definition) is 7. The van der Waals surface area contributed by atoms with Gasteiger partial charge in [0.1, 0.15) is 0 Å². The van der Waals surface area contributed by atoms with E-state index in [4.69, 9.17) is 19.9 Å². The molecule has 0 aliphatic rings. The Morgan fingerprint density at radius 2 is 1.23 bits per heavy atom. The number of nitrogens with one attached hydrogen (secondary N) is 2. The highest BCUT2D eigenvalue weighted by atomic mass is 32.2. The first-order valence-electron chi connectivity index (χ1n) is 13.7. The molecule has 0 radical (unpaired) electrons. The number of carbonyl (C=O) groups excluding carboxylic acids is 2. The monoisotopic (exact) mass is 519 g/mol. The minimum absolute atomic E-state index is 0.0838. The van der Waals surface area contributed by atoms with E-state index in [1.54, 1.807) is 7.05 Å². The van der Waals surface area contributed by atoms with Gasteiger partial charge in [-0.1, -0.05) is 77.6 Å². The maximum absolute atomic E-state index is 11.7. The Kier molecular flexibility index (Phi) is 27.0. The van der Waals surface area contributed by atoms with E-state index in [2.05, 4.69) is 17.6 Å². The highest BCUT2D eigenvalue weighted by Crippen LogP contribution is 2.11. The van der Waals surface area contributed by atoms with Gasteiger partial charge in [0, 0.05) is 18.9 Å². The van der Waals surface area contributed by atoms with Crippen molar-refractivity contribution in [2.24, 2.45) is 5.73 Å². The fourth-order valence-corrected chi connectivity index (χ4v) is 4.45. The van der Waals surface area contributed by atoms with E-state index in [0.717, 1.165) is 13.0 Å². The van der Waals surface area contributed by atoms with E-state index in [9.17, 15) is 9.59 Å². The maximum atomic E-state index is 11.7. The van der Waals surface area contributed by atoms with Gasteiger partial charge in [0.05, 0.1) is 44.8 Å². The summed E-state index contributed by atoms with van der Waals surface area (Å²) in [5, 5.41) is 5.60. The molecule has 0 aliphatic heterocycles. The van der Waals surface area contributed by atoms with Crippen LogP contribution in [-0.4, -0.2) is 82.6 Å². The second-order valence-electron chi connectivity index (χ2n) is 8.83. The van der Waals surface area contributed by atoms with E-state index in [-0.39, 0.29) is 11.7 Å². The fourth-order valence-electron chi connectivity index (χ4n) is 3.48. The number of ether oxygens (including phenoxy) is 3. The molecular weight excluding hydrogens is 466 g/mol. The molecule has 0 fully saturated rings. The zero-order chi connectivity index (χ0) is 25.8. The third kappa shape index (κ3) is 26.0. The van der Waals surface area contributed by atoms with Crippen molar-refractivity contribution in [2.45, 2.75) is 90.0 Å². The molecule has 35 heavy (non-hydrogen) atoms. The van der Waals surface area contributed by atoms with E-state index < -0.39 is 11.9 Å². The van der Waals surface area contributed by atoms with Crippen molar-refractivity contribution in [3.8, 4) is 0 Å². The number of amides is 2. The molecule has 0 aromatic heterocycles. The summed E-state index contributed by atoms with van der Waals surface area (Å²) >= 11 is 1.37. The predicted molar refractivity (Wildman–Crippen MR) is 146 cm³/mol. The number of thioether (sulfide) groups is 1. The summed E-state index contributed by atoms with van der Waals surface area (Å²) < 4.78 is 16.6. The largest absolute Gasteiger partial charge is 0.379 e. The summed E-state index contributed by atoms with van der Waals surface area (Å²) in [7, 11) is 1.67. The molecule has 1 atom stereocenters. The normalized spacial score (nSPS) is 12.1. The lowest BCUT2D eigenvalue weighted by Crippen LogP contribution is -2.41. The van der Waals surface area contributed by atoms with Gasteiger partial charge in [-0.05, 0) is 13.5 Å². The number of primary amides is 1. The summed E-state index contributed by atoms with van der Waals surface area (Å²) in [5.74, 6) is 0.255. The molecule has 9 heteroatoms. The summed E-state index contributed by atoms with van der Waals surface area (Å²) in [6.07, 6.45) is 16.2. The average molecular weight is 520 g/mol. The van der Waals surface area contributed by atoms with E-state index in [0.29, 0.717) is 45.3 Å². The molecule has 208 valence electrons. The van der Waals surface area contributed by atoms with Gasteiger partial charge in [-0.15, -0.1) is 11.8 Å². The zero-order valence-corrected chi connectivity index (χ0v) is 23.3. The van der Waals surface area contributed by atoms with Gasteiger partial charge in [-0.2, -0.15) is 0 Å². The van der Waals surface area contributed by atoms with Crippen LogP contribution in [-0.2, 0) is 23.8 Å². The Morgan fingerprint density at radius 1 is 0.743 bits per heavy atom. The lowest BCUT2D eigenvalue weighted by Gasteiger charge is -2.11. The van der Waals surface area contributed by atoms with Crippen LogP contribution in [0.1, 0.15) is 84.0 Å². The number of nitrogens with two attached hydrogens (primary N) is 1. The molecule has 8 nitrogen and oxygen atoms in total. The molecule has 0 heterocycles. The van der Waals surface area contributed by atoms with Crippen LogP contribution in [0.3, 0.4) is 0 Å². The molecule has 4 N–H and O–H groups in total. The topological polar surface area (TPSA) is 112 Å². The standard InChI is InChI=1S/C26H53N3O5S/c1-3-4-5-6-7-8-9-10-11-12-13-14-16-32-18-20-34-21-19-33-17-15-29-25(30)23-35-22-24(28-2)26(27)31/h24,28H,3-23H2,1-2H3,(H2,27,31)(H,29,30). The summed E-state index contributed by atoms with van der Waals surface area (Å²) in [6.45, 7) is 6.18. The van der Waals surface area contributed by atoms with Crippen LogP contribution in [0.25, 0.3) is 0 Å². The smallest absolute Gasteiger partial charge is 0.235 e. The predicted octanol–water partition coefficient (Wildman–Crippen LogP) is 3.66. The van der Waals surface area contributed by atoms with Gasteiger partial charge in [0.25, 0.3) is 0 Å². The summed E-state index contributed by atoms with van der Waals surface area (Å²) in [6, 6.07) is -0.420. The van der Waals surface area contributed by atoms with Crippen molar-refractivity contribution in [3.63, 3.8) is 0 Å². The fraction of sp³-hybridized carbons (Fsp3) is 0.923. The number of rotatable bonds is 28. The van der Waals surface area contributed by atoms with Crippen LogP contribution in [0.5, 0.6) is 0 Å². The Hall–Kier alpha value is -0.870. The molecule has 0 saturated heterocycles. The molecule has 1 unspecified atom stereocenters. The third-order valence-electron chi connectivity index (χ3n) is 5.66. The van der Waals surface area contributed by atoms with Crippen molar-refractivity contribution in [3.05, 3.63) is 0 Å². The van der Waals surface area contributed by atoms with Gasteiger partial charge < -0.3 is 30.6 Å². The van der Waals surface area contributed by atoms with Gasteiger partial charge in [-0.3, -0.25) is 9.59 Å². The highest BCUT2D eigenvalue weighted by molar-refractivity contribution is 8.00. The molecule has 2 amide bonds. The molecule has 0 aliphatic carbocycles. The van der Waals surface area contributed by atoms with Crippen molar-refractivity contribution >= 4 is 23.6 Å². The van der Waals surface area contributed by atoms with Crippen LogP contribution in [0.4, 0.5) is 0 Å². The Bertz CT molecular complexity index is 486. The summed E-state index contributed by atoms with van der Waals surface area (Å²) in [4.78, 5) is 22.8. The van der Waals surface area contributed by atoms with Crippen LogP contribution < -0.4 is 16.4 Å². The summed E-state index contributed by atoms with van der Waals surface area (Å²) in [5.41, 5.74) is 5.24. The number of likely N-dealkylation sites (N-methyl/N-ethyl adjacent to an activating group) is 1. The van der Waals surface area contributed by atoms with Gasteiger partial charge in [0.15, 0.2) is 0 Å². The molecule has 0 rings (SSSR count). The van der Waals surface area contributed by atoms with Crippen molar-refractivity contribution in [1.82, 2.24) is 10.6 Å². The van der Waals surface area contributed by atoms with E-state index in [1.165, 1.54) is 82.4 Å². The number of hydrogen-bond donors (Lipinski definition) is 3. The zero-order valence-electron chi connectivity index (χ0n) is 22.5. The third-order valence-corrected chi connectivity index (χ3v) is 6.70. The minimum Gasteiger partial charge on any atom is -0.379 e. The van der Waals surface area contributed by atoms with Crippen LogP contribution in [0, 0.1) is 0 Å². The van der Waals surface area contributed by atoms with Crippen LogP contribution >= 0.6 is 11.8 Å². The van der Waals surface area contributed by atoms with E-state index >= 15 is 0 Å². The Morgan fingerprint density at radius 3 is 1.74 bits per heavy atom. The number of carbonyl (C=O) groups is 2. The molecule has 0 bridgehead atoms. The first-order valence-corrected chi connectivity index (χ1v) is 14.8.